The van der Waals surface area contributed by atoms with Crippen LogP contribution in [0.4, 0.5) is 4.39 Å². The molecule has 4 atom stereocenters. The average Bonchev–Trinajstić information content (AvgIpc) is 3.14. The van der Waals surface area contributed by atoms with Crippen molar-refractivity contribution >= 4 is 17.3 Å². The second-order valence-corrected chi connectivity index (χ2v) is 9.46. The zero-order valence-corrected chi connectivity index (χ0v) is 21.3. The molecule has 1 amide bonds. The third-order valence-electron chi connectivity index (χ3n) is 7.32. The number of hydrogen-bond acceptors (Lipinski definition) is 4. The first kappa shape index (κ1) is 25.6. The van der Waals surface area contributed by atoms with E-state index in [2.05, 4.69) is 5.32 Å². The molecule has 5 nitrogen and oxygen atoms in total. The molecule has 0 saturated carbocycles. The van der Waals surface area contributed by atoms with E-state index in [-0.39, 0.29) is 35.1 Å². The van der Waals surface area contributed by atoms with Gasteiger partial charge in [0, 0.05) is 31.4 Å². The number of halogens is 1. The first-order chi connectivity index (χ1) is 17.3. The monoisotopic (exact) mass is 489 g/mol. The summed E-state index contributed by atoms with van der Waals surface area (Å²) < 4.78 is 25.2. The molecule has 2 aromatic carbocycles. The fourth-order valence-corrected chi connectivity index (χ4v) is 5.29. The van der Waals surface area contributed by atoms with Gasteiger partial charge in [-0.05, 0) is 53.0 Å². The van der Waals surface area contributed by atoms with E-state index in [4.69, 9.17) is 9.47 Å². The van der Waals surface area contributed by atoms with Crippen molar-refractivity contribution in [1.29, 1.82) is 0 Å². The highest BCUT2D eigenvalue weighted by atomic mass is 19.1. The minimum Gasteiger partial charge on any atom is -0.493 e. The lowest BCUT2D eigenvalue weighted by molar-refractivity contribution is -0.130. The molecule has 0 spiro atoms. The highest BCUT2D eigenvalue weighted by Gasteiger charge is 2.38. The molecule has 0 fully saturated rings. The molecular formula is C30H32FNO4. The molecule has 2 aromatic rings. The Morgan fingerprint density at radius 3 is 2.56 bits per heavy atom. The van der Waals surface area contributed by atoms with Crippen LogP contribution in [0, 0.1) is 17.7 Å². The van der Waals surface area contributed by atoms with Gasteiger partial charge in [-0.25, -0.2) is 4.39 Å². The quantitative estimate of drug-likeness (QED) is 0.570. The maximum absolute atomic E-state index is 14.4. The fourth-order valence-electron chi connectivity index (χ4n) is 5.29. The number of fused-ring (bicyclic) bond motifs is 1. The van der Waals surface area contributed by atoms with Crippen LogP contribution in [0.15, 0.2) is 77.6 Å². The number of benzene rings is 2. The standard InChI is InChI=1S/C30H32FNO4/c1-17-21(14-26(35-4)28(33)29(17)36-5)13-24-18(2)27(25-15-22(31)11-12-23(24)25)19(3)30(34)32-16-20-9-7-6-8-10-20/h6-15,17,19,27,29H,16H2,1-5H3,(H,32,34). The molecule has 4 unspecified atom stereocenters. The SMILES string of the molecule is COC1=CC(=CC2=C(C)C(C(C)C(=O)NCc3ccccc3)c3cc(F)ccc32)C(C)C(OC)C1=O. The van der Waals surface area contributed by atoms with Crippen molar-refractivity contribution in [2.75, 3.05) is 14.2 Å². The minimum absolute atomic E-state index is 0.0926. The predicted octanol–water partition coefficient (Wildman–Crippen LogP) is 5.34. The second kappa shape index (κ2) is 10.6. The average molecular weight is 490 g/mol. The molecule has 188 valence electrons. The number of amides is 1. The van der Waals surface area contributed by atoms with Crippen LogP contribution in [0.1, 0.15) is 43.4 Å². The summed E-state index contributed by atoms with van der Waals surface area (Å²) in [5, 5.41) is 3.03. The van der Waals surface area contributed by atoms with Gasteiger partial charge in [-0.2, -0.15) is 0 Å². The number of nitrogens with one attached hydrogen (secondary N) is 1. The molecule has 2 aliphatic rings. The zero-order chi connectivity index (χ0) is 26.0. The molecule has 0 heterocycles. The summed E-state index contributed by atoms with van der Waals surface area (Å²) in [5.41, 5.74) is 5.49. The number of hydrogen-bond donors (Lipinski definition) is 1. The van der Waals surface area contributed by atoms with Gasteiger partial charge in [0.2, 0.25) is 11.7 Å². The number of rotatable bonds is 7. The summed E-state index contributed by atoms with van der Waals surface area (Å²) in [6.45, 7) is 6.24. The third kappa shape index (κ3) is 4.78. The predicted molar refractivity (Wildman–Crippen MR) is 137 cm³/mol. The number of allylic oxidation sites excluding steroid dienone is 4. The van der Waals surface area contributed by atoms with E-state index in [1.165, 1.54) is 26.4 Å². The van der Waals surface area contributed by atoms with Crippen molar-refractivity contribution in [3.8, 4) is 0 Å². The van der Waals surface area contributed by atoms with E-state index in [1.54, 1.807) is 12.1 Å². The molecule has 0 aliphatic heterocycles. The first-order valence-corrected chi connectivity index (χ1v) is 12.1. The highest BCUT2D eigenvalue weighted by molar-refractivity contribution is 6.00. The van der Waals surface area contributed by atoms with Crippen LogP contribution in [0.2, 0.25) is 0 Å². The number of methoxy groups -OCH3 is 2. The molecule has 0 aromatic heterocycles. The summed E-state index contributed by atoms with van der Waals surface area (Å²) >= 11 is 0. The van der Waals surface area contributed by atoms with Gasteiger partial charge < -0.3 is 14.8 Å². The summed E-state index contributed by atoms with van der Waals surface area (Å²) in [4.78, 5) is 25.8. The largest absolute Gasteiger partial charge is 0.493 e. The van der Waals surface area contributed by atoms with Crippen molar-refractivity contribution < 1.29 is 23.5 Å². The molecule has 2 aliphatic carbocycles. The molecule has 0 saturated heterocycles. The van der Waals surface area contributed by atoms with Gasteiger partial charge in [-0.3, -0.25) is 9.59 Å². The molecular weight excluding hydrogens is 457 g/mol. The van der Waals surface area contributed by atoms with Gasteiger partial charge in [-0.15, -0.1) is 0 Å². The van der Waals surface area contributed by atoms with Crippen molar-refractivity contribution in [3.63, 3.8) is 0 Å². The number of carbonyl (C=O) groups excluding carboxylic acids is 2. The van der Waals surface area contributed by atoms with E-state index >= 15 is 0 Å². The maximum atomic E-state index is 14.4. The number of Topliss-reactive ketones (excluding diaryl/α,β-unsaturated/α-hetero) is 1. The van der Waals surface area contributed by atoms with Crippen LogP contribution in [0.3, 0.4) is 0 Å². The molecule has 0 bridgehead atoms. The van der Waals surface area contributed by atoms with Crippen LogP contribution in [-0.2, 0) is 25.6 Å². The van der Waals surface area contributed by atoms with Crippen LogP contribution >= 0.6 is 0 Å². The topological polar surface area (TPSA) is 64.6 Å². The molecule has 36 heavy (non-hydrogen) atoms. The molecule has 6 heteroatoms. The van der Waals surface area contributed by atoms with Gasteiger partial charge in [0.05, 0.1) is 7.11 Å². The fraction of sp³-hybridized carbons (Fsp3) is 0.333. The van der Waals surface area contributed by atoms with E-state index in [1.807, 2.05) is 57.2 Å². The summed E-state index contributed by atoms with van der Waals surface area (Å²) in [6, 6.07) is 14.5. The first-order valence-electron chi connectivity index (χ1n) is 12.1. The van der Waals surface area contributed by atoms with Crippen LogP contribution in [-0.4, -0.2) is 32.0 Å². The van der Waals surface area contributed by atoms with E-state index in [0.29, 0.717) is 6.54 Å². The van der Waals surface area contributed by atoms with Crippen molar-refractivity contribution in [1.82, 2.24) is 5.32 Å². The number of ketones is 1. The Morgan fingerprint density at radius 1 is 1.17 bits per heavy atom. The lowest BCUT2D eigenvalue weighted by Gasteiger charge is -2.28. The highest BCUT2D eigenvalue weighted by Crippen LogP contribution is 2.47. The second-order valence-electron chi connectivity index (χ2n) is 9.46. The van der Waals surface area contributed by atoms with Crippen molar-refractivity contribution in [3.05, 3.63) is 100 Å². The van der Waals surface area contributed by atoms with Gasteiger partial charge in [0.25, 0.3) is 0 Å². The Bertz CT molecular complexity index is 1260. The number of ether oxygens (including phenoxy) is 2. The Labute approximate surface area is 211 Å². The van der Waals surface area contributed by atoms with Crippen molar-refractivity contribution in [2.24, 2.45) is 11.8 Å². The van der Waals surface area contributed by atoms with E-state index < -0.39 is 12.0 Å². The Balaban J connectivity index is 1.71. The Hall–Kier alpha value is -3.51. The van der Waals surface area contributed by atoms with E-state index in [9.17, 15) is 14.0 Å². The normalized spacial score (nSPS) is 23.4. The van der Waals surface area contributed by atoms with Gasteiger partial charge >= 0.3 is 0 Å². The summed E-state index contributed by atoms with van der Waals surface area (Å²) in [6.07, 6.45) is 3.11. The smallest absolute Gasteiger partial charge is 0.226 e. The summed E-state index contributed by atoms with van der Waals surface area (Å²) in [7, 11) is 2.98. The Morgan fingerprint density at radius 2 is 1.89 bits per heavy atom. The minimum atomic E-state index is -0.648. The number of carbonyl (C=O) groups is 2. The molecule has 1 N–H and O–H groups in total. The molecule has 4 rings (SSSR count). The van der Waals surface area contributed by atoms with Gasteiger partial charge in [0.1, 0.15) is 11.9 Å². The van der Waals surface area contributed by atoms with E-state index in [0.717, 1.165) is 33.4 Å². The lowest BCUT2D eigenvalue weighted by Crippen LogP contribution is -2.36. The van der Waals surface area contributed by atoms with Crippen LogP contribution in [0.25, 0.3) is 5.57 Å². The lowest BCUT2D eigenvalue weighted by atomic mass is 9.83. The molecule has 0 radical (unpaired) electrons. The Kier molecular flexibility index (Phi) is 7.55. The van der Waals surface area contributed by atoms with Crippen molar-refractivity contribution in [2.45, 2.75) is 39.3 Å². The van der Waals surface area contributed by atoms with Crippen LogP contribution in [0.5, 0.6) is 0 Å². The third-order valence-corrected chi connectivity index (χ3v) is 7.32. The van der Waals surface area contributed by atoms with Crippen LogP contribution < -0.4 is 5.32 Å². The zero-order valence-electron chi connectivity index (χ0n) is 21.3. The maximum Gasteiger partial charge on any atom is 0.226 e. The van der Waals surface area contributed by atoms with Gasteiger partial charge in [0.15, 0.2) is 5.76 Å². The summed E-state index contributed by atoms with van der Waals surface area (Å²) in [5.74, 6) is -1.26. The van der Waals surface area contributed by atoms with Gasteiger partial charge in [-0.1, -0.05) is 61.9 Å².